The summed E-state index contributed by atoms with van der Waals surface area (Å²) in [5, 5.41) is 36.6. The Morgan fingerprint density at radius 2 is 2.15 bits per heavy atom. The highest BCUT2D eigenvalue weighted by Gasteiger charge is 2.44. The molecule has 7 nitrogen and oxygen atoms in total. The second kappa shape index (κ2) is 6.87. The third kappa shape index (κ3) is 3.59. The smallest absolute Gasteiger partial charge is 0.364 e. The summed E-state index contributed by atoms with van der Waals surface area (Å²) in [7, 11) is 0. The zero-order chi connectivity index (χ0) is 15.3. The number of aliphatic hydroxyl groups excluding tert-OH is 1. The van der Waals surface area contributed by atoms with Gasteiger partial charge in [0, 0.05) is 23.0 Å². The molecule has 1 aliphatic heterocycles. The second-order valence-corrected chi connectivity index (χ2v) is 5.80. The minimum absolute atomic E-state index is 0.0590. The van der Waals surface area contributed by atoms with Crippen LogP contribution in [-0.4, -0.2) is 56.2 Å². The van der Waals surface area contributed by atoms with E-state index in [9.17, 15) is 14.7 Å². The van der Waals surface area contributed by atoms with Crippen LogP contribution in [0.2, 0.25) is 0 Å². The van der Waals surface area contributed by atoms with Crippen LogP contribution in [-0.2, 0) is 9.59 Å². The average Bonchev–Trinajstić information content (AvgIpc) is 2.48. The maximum absolute atomic E-state index is 11.2. The lowest BCUT2D eigenvalue weighted by Crippen LogP contribution is -2.37. The zero-order valence-corrected chi connectivity index (χ0v) is 11.7. The number of aliphatic hydroxyl groups is 2. The fourth-order valence-electron chi connectivity index (χ4n) is 1.67. The Morgan fingerprint density at radius 1 is 1.50 bits per heavy atom. The number of rotatable bonds is 5. The summed E-state index contributed by atoms with van der Waals surface area (Å²) in [5.74, 6) is -3.66. The van der Waals surface area contributed by atoms with E-state index in [0.29, 0.717) is 12.8 Å². The van der Waals surface area contributed by atoms with Crippen molar-refractivity contribution in [2.24, 2.45) is 10.9 Å². The molecule has 112 valence electrons. The van der Waals surface area contributed by atoms with E-state index in [-0.39, 0.29) is 11.5 Å². The molecule has 0 aliphatic carbocycles. The quantitative estimate of drug-likeness (QED) is 0.539. The molecule has 1 aliphatic rings. The molecule has 0 saturated carbocycles. The highest BCUT2D eigenvalue weighted by Crippen LogP contribution is 2.38. The van der Waals surface area contributed by atoms with Crippen LogP contribution >= 0.6 is 11.8 Å². The molecule has 8 heteroatoms. The van der Waals surface area contributed by atoms with Crippen LogP contribution in [0, 0.1) is 5.92 Å². The Morgan fingerprint density at radius 3 is 2.65 bits per heavy atom. The molecule has 0 aromatic rings. The van der Waals surface area contributed by atoms with E-state index in [1.54, 1.807) is 6.92 Å². The monoisotopic (exact) mass is 303 g/mol. The largest absolute Gasteiger partial charge is 0.481 e. The fraction of sp³-hybridized carbons (Fsp3) is 0.583. The lowest BCUT2D eigenvalue weighted by atomic mass is 10.1. The number of hydrogen-bond donors (Lipinski definition) is 4. The first-order valence-electron chi connectivity index (χ1n) is 6.05. The number of allylic oxidation sites excluding steroid dienone is 1. The van der Waals surface area contributed by atoms with Crippen molar-refractivity contribution >= 4 is 29.9 Å². The number of aliphatic carboxylic acids is 2. The summed E-state index contributed by atoms with van der Waals surface area (Å²) >= 11 is 0.972. The lowest BCUT2D eigenvalue weighted by molar-refractivity contribution is -0.153. The first kappa shape index (κ1) is 16.7. The van der Waals surface area contributed by atoms with Crippen molar-refractivity contribution in [2.75, 3.05) is 6.61 Å². The summed E-state index contributed by atoms with van der Waals surface area (Å²) in [5.41, 5.74) is -2.46. The van der Waals surface area contributed by atoms with Gasteiger partial charge in [0.1, 0.15) is 5.92 Å². The molecular weight excluding hydrogens is 286 g/mol. The van der Waals surface area contributed by atoms with E-state index >= 15 is 0 Å². The van der Waals surface area contributed by atoms with Crippen molar-refractivity contribution < 1.29 is 30.0 Å². The van der Waals surface area contributed by atoms with Crippen LogP contribution in [0.3, 0.4) is 0 Å². The third-order valence-corrected chi connectivity index (χ3v) is 4.23. The number of carboxylic acid groups (broad SMARTS) is 2. The maximum Gasteiger partial charge on any atom is 0.364 e. The molecular formula is C12H17NO6S. The molecule has 0 radical (unpaired) electrons. The van der Waals surface area contributed by atoms with Gasteiger partial charge in [0.25, 0.3) is 5.72 Å². The van der Waals surface area contributed by atoms with Crippen molar-refractivity contribution in [3.63, 3.8) is 0 Å². The van der Waals surface area contributed by atoms with Crippen LogP contribution in [0.25, 0.3) is 0 Å². The summed E-state index contributed by atoms with van der Waals surface area (Å²) in [6.07, 6.45) is 3.24. The standard InChI is InChI=1S/C12H17NO6S/c1-7-8(10(15)16)6-13-12(19,11(17)18)9(20-7)4-2-3-5-14/h4,6-8,14,19H,2-3,5H2,1H3,(H,15,16)(H,17,18)/b9-4-. The first-order chi connectivity index (χ1) is 9.32. The van der Waals surface area contributed by atoms with Gasteiger partial charge in [0.15, 0.2) is 0 Å². The van der Waals surface area contributed by atoms with E-state index < -0.39 is 28.8 Å². The van der Waals surface area contributed by atoms with Crippen molar-refractivity contribution in [3.05, 3.63) is 11.0 Å². The van der Waals surface area contributed by atoms with Crippen LogP contribution in [0.4, 0.5) is 0 Å². The van der Waals surface area contributed by atoms with E-state index in [2.05, 4.69) is 4.99 Å². The molecule has 0 fully saturated rings. The number of nitrogens with zero attached hydrogens (tertiary/aromatic N) is 1. The number of carbonyl (C=O) groups is 2. The summed E-state index contributed by atoms with van der Waals surface area (Å²) in [4.78, 5) is 26.0. The Kier molecular flexibility index (Phi) is 5.73. The number of thioether (sulfide) groups is 1. The molecule has 1 heterocycles. The van der Waals surface area contributed by atoms with Gasteiger partial charge in [-0.15, -0.1) is 11.8 Å². The van der Waals surface area contributed by atoms with E-state index in [1.807, 2.05) is 0 Å². The van der Waals surface area contributed by atoms with Crippen LogP contribution < -0.4 is 0 Å². The summed E-state index contributed by atoms with van der Waals surface area (Å²) in [6.45, 7) is 1.57. The number of unbranched alkanes of at least 4 members (excludes halogenated alkanes) is 1. The minimum atomic E-state index is -2.46. The normalized spacial score (nSPS) is 32.0. The number of carboxylic acids is 2. The SMILES string of the molecule is CC1S/C(=C\CCCO)C(O)(C(=O)O)N=CC1C(=O)O. The van der Waals surface area contributed by atoms with Crippen molar-refractivity contribution in [1.82, 2.24) is 0 Å². The minimum Gasteiger partial charge on any atom is -0.481 e. The second-order valence-electron chi connectivity index (χ2n) is 4.38. The van der Waals surface area contributed by atoms with Gasteiger partial charge in [-0.1, -0.05) is 13.0 Å². The molecule has 1 rings (SSSR count). The fourth-order valence-corrected chi connectivity index (χ4v) is 2.92. The van der Waals surface area contributed by atoms with Crippen LogP contribution in [0.1, 0.15) is 19.8 Å². The van der Waals surface area contributed by atoms with Gasteiger partial charge in [-0.2, -0.15) is 0 Å². The van der Waals surface area contributed by atoms with Gasteiger partial charge >= 0.3 is 11.9 Å². The highest BCUT2D eigenvalue weighted by molar-refractivity contribution is 8.03. The van der Waals surface area contributed by atoms with Gasteiger partial charge in [0.2, 0.25) is 0 Å². The number of aliphatic imine (C=N–C) groups is 1. The predicted octanol–water partition coefficient (Wildman–Crippen LogP) is 0.323. The van der Waals surface area contributed by atoms with E-state index in [4.69, 9.17) is 15.3 Å². The van der Waals surface area contributed by atoms with E-state index in [0.717, 1.165) is 18.0 Å². The molecule has 4 N–H and O–H groups in total. The molecule has 0 aromatic heterocycles. The lowest BCUT2D eigenvalue weighted by Gasteiger charge is -2.21. The van der Waals surface area contributed by atoms with Crippen molar-refractivity contribution in [2.45, 2.75) is 30.7 Å². The molecule has 0 aromatic carbocycles. The molecule has 3 atom stereocenters. The van der Waals surface area contributed by atoms with Crippen molar-refractivity contribution in [1.29, 1.82) is 0 Å². The van der Waals surface area contributed by atoms with Crippen LogP contribution in [0.15, 0.2) is 16.0 Å². The Labute approximate surface area is 120 Å². The van der Waals surface area contributed by atoms with Gasteiger partial charge in [0.05, 0.1) is 0 Å². The topological polar surface area (TPSA) is 127 Å². The Hall–Kier alpha value is -1.38. The summed E-state index contributed by atoms with van der Waals surface area (Å²) in [6, 6.07) is 0. The molecule has 0 amide bonds. The van der Waals surface area contributed by atoms with Gasteiger partial charge in [-0.25, -0.2) is 9.79 Å². The Bertz CT molecular complexity index is 449. The maximum atomic E-state index is 11.2. The van der Waals surface area contributed by atoms with Gasteiger partial charge in [-0.05, 0) is 12.8 Å². The predicted molar refractivity (Wildman–Crippen MR) is 73.7 cm³/mol. The highest BCUT2D eigenvalue weighted by atomic mass is 32.2. The first-order valence-corrected chi connectivity index (χ1v) is 6.93. The third-order valence-electron chi connectivity index (χ3n) is 2.86. The average molecular weight is 303 g/mol. The molecule has 0 bridgehead atoms. The van der Waals surface area contributed by atoms with Gasteiger partial charge in [-0.3, -0.25) is 4.79 Å². The molecule has 0 saturated heterocycles. The van der Waals surface area contributed by atoms with Gasteiger partial charge < -0.3 is 20.4 Å². The summed E-state index contributed by atoms with van der Waals surface area (Å²) < 4.78 is 0. The zero-order valence-electron chi connectivity index (χ0n) is 10.9. The molecule has 20 heavy (non-hydrogen) atoms. The van der Waals surface area contributed by atoms with Crippen LogP contribution in [0.5, 0.6) is 0 Å². The van der Waals surface area contributed by atoms with E-state index in [1.165, 1.54) is 6.08 Å². The molecule has 3 unspecified atom stereocenters. The molecule has 0 spiro atoms. The number of hydrogen-bond acceptors (Lipinski definition) is 6. The van der Waals surface area contributed by atoms with Crippen molar-refractivity contribution in [3.8, 4) is 0 Å². The Balaban J connectivity index is 3.14.